The van der Waals surface area contributed by atoms with Crippen molar-refractivity contribution in [2.75, 3.05) is 6.61 Å². The highest BCUT2D eigenvalue weighted by molar-refractivity contribution is 5.96. The summed E-state index contributed by atoms with van der Waals surface area (Å²) in [4.78, 5) is 39.7. The van der Waals surface area contributed by atoms with Crippen molar-refractivity contribution in [3.05, 3.63) is 35.9 Å². The van der Waals surface area contributed by atoms with Gasteiger partial charge in [-0.25, -0.2) is 9.69 Å². The molecule has 3 atom stereocenters. The van der Waals surface area contributed by atoms with Gasteiger partial charge in [0, 0.05) is 0 Å². The largest absolute Gasteiger partial charge is 0.460 e. The molecule has 0 bridgehead atoms. The molecule has 0 saturated carbocycles. The predicted molar refractivity (Wildman–Crippen MR) is 110 cm³/mol. The predicted octanol–water partition coefficient (Wildman–Crippen LogP) is 4.22. The van der Waals surface area contributed by atoms with Crippen LogP contribution < -0.4 is 0 Å². The van der Waals surface area contributed by atoms with Gasteiger partial charge in [-0.2, -0.15) is 0 Å². The van der Waals surface area contributed by atoms with Crippen LogP contribution in [0.4, 0.5) is 4.79 Å². The molecule has 1 aromatic carbocycles. The molecule has 0 radical (unpaired) electrons. The highest BCUT2D eigenvalue weighted by Crippen LogP contribution is 2.29. The summed E-state index contributed by atoms with van der Waals surface area (Å²) in [7, 11) is 0. The van der Waals surface area contributed by atoms with E-state index in [-0.39, 0.29) is 24.5 Å². The minimum absolute atomic E-state index is 0.161. The molecule has 1 aromatic rings. The van der Waals surface area contributed by atoms with Crippen molar-refractivity contribution >= 4 is 18.0 Å². The molecule has 29 heavy (non-hydrogen) atoms. The van der Waals surface area contributed by atoms with Crippen LogP contribution in [0, 0.1) is 17.8 Å². The van der Waals surface area contributed by atoms with Crippen LogP contribution in [0.2, 0.25) is 0 Å². The van der Waals surface area contributed by atoms with Crippen molar-refractivity contribution < 1.29 is 23.9 Å². The van der Waals surface area contributed by atoms with Crippen molar-refractivity contribution in [3.63, 3.8) is 0 Å². The Balaban J connectivity index is 2.23. The summed E-state index contributed by atoms with van der Waals surface area (Å²) in [6.07, 6.45) is 0.371. The number of rotatable bonds is 7. The Hall–Kier alpha value is -2.37. The van der Waals surface area contributed by atoms with Gasteiger partial charge in [0.25, 0.3) is 0 Å². The number of hydrogen-bond acceptors (Lipinski definition) is 5. The first-order valence-electron chi connectivity index (χ1n) is 10.3. The number of carbonyl (C=O) groups is 3. The molecule has 1 heterocycles. The summed E-state index contributed by atoms with van der Waals surface area (Å²) in [5.41, 5.74) is 0.383. The number of esters is 1. The van der Waals surface area contributed by atoms with Crippen LogP contribution >= 0.6 is 0 Å². The fourth-order valence-corrected chi connectivity index (χ4v) is 3.53. The maximum Gasteiger partial charge on any atom is 0.416 e. The van der Waals surface area contributed by atoms with Gasteiger partial charge >= 0.3 is 12.1 Å². The minimum Gasteiger partial charge on any atom is -0.460 e. The van der Waals surface area contributed by atoms with Gasteiger partial charge in [0.15, 0.2) is 0 Å². The van der Waals surface area contributed by atoms with E-state index < -0.39 is 29.5 Å². The molecule has 6 heteroatoms. The van der Waals surface area contributed by atoms with E-state index in [1.54, 1.807) is 27.7 Å². The number of ether oxygens (including phenoxy) is 2. The van der Waals surface area contributed by atoms with Gasteiger partial charge in [0.2, 0.25) is 5.91 Å². The normalized spacial score (nSPS) is 19.1. The molecule has 0 spiro atoms. The SMILES string of the molecule is CC(C)C[C@H](C(=O)N1C(=O)OC[C@H]1Cc1ccccc1)[C@H](C)C(=O)OC(C)(C)C. The van der Waals surface area contributed by atoms with Crippen LogP contribution in [-0.4, -0.2) is 41.1 Å². The number of amides is 2. The van der Waals surface area contributed by atoms with Crippen LogP contribution in [0.15, 0.2) is 30.3 Å². The lowest BCUT2D eigenvalue weighted by Crippen LogP contribution is -2.47. The van der Waals surface area contributed by atoms with Gasteiger partial charge < -0.3 is 9.47 Å². The summed E-state index contributed by atoms with van der Waals surface area (Å²) in [5, 5.41) is 0. The Morgan fingerprint density at radius 1 is 1.17 bits per heavy atom. The third kappa shape index (κ3) is 6.31. The molecule has 160 valence electrons. The van der Waals surface area contributed by atoms with Crippen molar-refractivity contribution in [2.45, 2.75) is 66.0 Å². The summed E-state index contributed by atoms with van der Waals surface area (Å²) >= 11 is 0. The zero-order valence-electron chi connectivity index (χ0n) is 18.3. The van der Waals surface area contributed by atoms with Crippen molar-refractivity contribution in [3.8, 4) is 0 Å². The molecule has 1 saturated heterocycles. The third-order valence-electron chi connectivity index (χ3n) is 4.94. The topological polar surface area (TPSA) is 72.9 Å². The van der Waals surface area contributed by atoms with Crippen LogP contribution in [-0.2, 0) is 25.5 Å². The second-order valence-corrected chi connectivity index (χ2v) is 9.19. The summed E-state index contributed by atoms with van der Waals surface area (Å²) < 4.78 is 10.7. The number of benzene rings is 1. The van der Waals surface area contributed by atoms with E-state index >= 15 is 0 Å². The van der Waals surface area contributed by atoms with Gasteiger partial charge in [-0.05, 0) is 45.1 Å². The number of imide groups is 1. The summed E-state index contributed by atoms with van der Waals surface area (Å²) in [6, 6.07) is 9.30. The number of hydrogen-bond donors (Lipinski definition) is 0. The lowest BCUT2D eigenvalue weighted by atomic mass is 9.84. The maximum absolute atomic E-state index is 13.4. The van der Waals surface area contributed by atoms with E-state index in [1.165, 1.54) is 4.90 Å². The van der Waals surface area contributed by atoms with Crippen LogP contribution in [0.1, 0.15) is 53.5 Å². The average molecular weight is 404 g/mol. The Bertz CT molecular complexity index is 723. The molecule has 2 amide bonds. The monoisotopic (exact) mass is 403 g/mol. The first-order chi connectivity index (χ1) is 13.5. The van der Waals surface area contributed by atoms with Gasteiger partial charge in [0.1, 0.15) is 12.2 Å². The second kappa shape index (κ2) is 9.42. The zero-order valence-corrected chi connectivity index (χ0v) is 18.3. The van der Waals surface area contributed by atoms with Crippen LogP contribution in [0.5, 0.6) is 0 Å². The highest BCUT2D eigenvalue weighted by Gasteiger charge is 2.44. The van der Waals surface area contributed by atoms with Crippen molar-refractivity contribution in [2.24, 2.45) is 17.8 Å². The van der Waals surface area contributed by atoms with Crippen LogP contribution in [0.3, 0.4) is 0 Å². The molecule has 0 N–H and O–H groups in total. The smallest absolute Gasteiger partial charge is 0.416 e. The molecule has 1 aliphatic rings. The van der Waals surface area contributed by atoms with Crippen LogP contribution in [0.25, 0.3) is 0 Å². The molecular weight excluding hydrogens is 370 g/mol. The van der Waals surface area contributed by atoms with Gasteiger partial charge in [-0.15, -0.1) is 0 Å². The van der Waals surface area contributed by atoms with Gasteiger partial charge in [-0.3, -0.25) is 9.59 Å². The first-order valence-corrected chi connectivity index (χ1v) is 10.3. The molecular formula is C23H33NO5. The Morgan fingerprint density at radius 3 is 2.34 bits per heavy atom. The first kappa shape index (κ1) is 22.9. The summed E-state index contributed by atoms with van der Waals surface area (Å²) in [6.45, 7) is 11.2. The van der Waals surface area contributed by atoms with E-state index in [9.17, 15) is 14.4 Å². The fourth-order valence-electron chi connectivity index (χ4n) is 3.53. The average Bonchev–Trinajstić information content (AvgIpc) is 2.98. The lowest BCUT2D eigenvalue weighted by molar-refractivity contribution is -0.164. The molecule has 2 rings (SSSR count). The van der Waals surface area contributed by atoms with E-state index in [0.29, 0.717) is 12.8 Å². The van der Waals surface area contributed by atoms with Gasteiger partial charge in [-0.1, -0.05) is 51.1 Å². The molecule has 1 fully saturated rings. The molecule has 0 unspecified atom stereocenters. The fraction of sp³-hybridized carbons (Fsp3) is 0.609. The zero-order chi connectivity index (χ0) is 21.8. The Morgan fingerprint density at radius 2 is 1.79 bits per heavy atom. The number of nitrogens with zero attached hydrogens (tertiary/aromatic N) is 1. The molecule has 1 aliphatic heterocycles. The third-order valence-corrected chi connectivity index (χ3v) is 4.94. The molecule has 0 aromatic heterocycles. The van der Waals surface area contributed by atoms with Crippen molar-refractivity contribution in [1.29, 1.82) is 0 Å². The number of cyclic esters (lactones) is 1. The van der Waals surface area contributed by atoms with Crippen molar-refractivity contribution in [1.82, 2.24) is 4.90 Å². The highest BCUT2D eigenvalue weighted by atomic mass is 16.6. The number of carbonyl (C=O) groups excluding carboxylic acids is 3. The summed E-state index contributed by atoms with van der Waals surface area (Å²) in [5.74, 6) is -1.91. The Labute approximate surface area is 173 Å². The van der Waals surface area contributed by atoms with E-state index in [4.69, 9.17) is 9.47 Å². The minimum atomic E-state index is -0.657. The Kier molecular flexibility index (Phi) is 7.44. The lowest BCUT2D eigenvalue weighted by Gasteiger charge is -2.30. The van der Waals surface area contributed by atoms with E-state index in [1.807, 2.05) is 44.2 Å². The maximum atomic E-state index is 13.4. The quantitative estimate of drug-likeness (QED) is 0.638. The molecule has 0 aliphatic carbocycles. The second-order valence-electron chi connectivity index (χ2n) is 9.19. The van der Waals surface area contributed by atoms with E-state index in [0.717, 1.165) is 5.56 Å². The molecule has 6 nitrogen and oxygen atoms in total. The van der Waals surface area contributed by atoms with Gasteiger partial charge in [0.05, 0.1) is 17.9 Å². The van der Waals surface area contributed by atoms with E-state index in [2.05, 4.69) is 0 Å². The standard InChI is InChI=1S/C23H33NO5/c1-15(2)12-19(16(3)21(26)29-23(4,5)6)20(25)24-18(14-28-22(24)27)13-17-10-8-7-9-11-17/h7-11,15-16,18-19H,12-14H2,1-6H3/t16-,18+,19-/m0/s1.